The molecular formula is C20H23NO3S. The Morgan fingerprint density at radius 3 is 2.64 bits per heavy atom. The molecule has 0 amide bonds. The Kier molecular flexibility index (Phi) is 5.33. The summed E-state index contributed by atoms with van der Waals surface area (Å²) in [5.74, 6) is -0.292. The third kappa shape index (κ3) is 3.98. The number of aryl methyl sites for hydroxylation is 3. The number of carbonyl (C=O) groups is 2. The SMILES string of the molecule is Cc1cc(C(=O)COC(=O)CSc2ccc3c(c2)CCC3)c(C)n1C. The minimum absolute atomic E-state index is 0.155. The summed E-state index contributed by atoms with van der Waals surface area (Å²) in [4.78, 5) is 25.3. The van der Waals surface area contributed by atoms with Crippen LogP contribution in [0.1, 0.15) is 39.3 Å². The molecule has 1 heterocycles. The maximum atomic E-state index is 12.2. The molecule has 132 valence electrons. The topological polar surface area (TPSA) is 48.3 Å². The summed E-state index contributed by atoms with van der Waals surface area (Å²) in [5, 5.41) is 0. The van der Waals surface area contributed by atoms with Crippen molar-refractivity contribution >= 4 is 23.5 Å². The van der Waals surface area contributed by atoms with Gasteiger partial charge in [0.25, 0.3) is 0 Å². The van der Waals surface area contributed by atoms with Crippen LogP contribution in [-0.4, -0.2) is 28.7 Å². The van der Waals surface area contributed by atoms with Crippen LogP contribution < -0.4 is 0 Å². The molecule has 1 aliphatic rings. The smallest absolute Gasteiger partial charge is 0.316 e. The molecule has 0 radical (unpaired) electrons. The predicted molar refractivity (Wildman–Crippen MR) is 99.4 cm³/mol. The summed E-state index contributed by atoms with van der Waals surface area (Å²) < 4.78 is 7.12. The molecular weight excluding hydrogens is 334 g/mol. The fraction of sp³-hybridized carbons (Fsp3) is 0.400. The Hall–Kier alpha value is -2.01. The highest BCUT2D eigenvalue weighted by Gasteiger charge is 2.16. The number of Topliss-reactive ketones (excluding diaryl/α,β-unsaturated/α-hetero) is 1. The van der Waals surface area contributed by atoms with Gasteiger partial charge in [0.15, 0.2) is 6.61 Å². The van der Waals surface area contributed by atoms with E-state index in [0.717, 1.165) is 29.1 Å². The van der Waals surface area contributed by atoms with E-state index in [1.165, 1.54) is 29.3 Å². The van der Waals surface area contributed by atoms with Crippen molar-refractivity contribution in [2.24, 2.45) is 7.05 Å². The highest BCUT2D eigenvalue weighted by molar-refractivity contribution is 8.00. The standard InChI is InChI=1S/C20H23NO3S/c1-13-9-18(14(2)21(13)3)19(22)11-24-20(23)12-25-17-8-7-15-5-4-6-16(15)10-17/h7-10H,4-6,11-12H2,1-3H3. The van der Waals surface area contributed by atoms with E-state index in [0.29, 0.717) is 5.56 Å². The van der Waals surface area contributed by atoms with Gasteiger partial charge in [0.1, 0.15) is 0 Å². The van der Waals surface area contributed by atoms with Crippen LogP contribution in [-0.2, 0) is 29.4 Å². The summed E-state index contributed by atoms with van der Waals surface area (Å²) in [6.07, 6.45) is 3.49. The normalized spacial score (nSPS) is 12.9. The lowest BCUT2D eigenvalue weighted by atomic mass is 10.1. The summed E-state index contributed by atoms with van der Waals surface area (Å²) in [6, 6.07) is 8.22. The lowest BCUT2D eigenvalue weighted by molar-refractivity contribution is -0.139. The largest absolute Gasteiger partial charge is 0.457 e. The minimum atomic E-state index is -0.357. The van der Waals surface area contributed by atoms with E-state index in [1.54, 1.807) is 0 Å². The number of ether oxygens (including phenoxy) is 1. The predicted octanol–water partition coefficient (Wildman–Crippen LogP) is 3.65. The number of carbonyl (C=O) groups excluding carboxylic acids is 2. The van der Waals surface area contributed by atoms with Gasteiger partial charge in [0.2, 0.25) is 5.78 Å². The molecule has 2 aromatic rings. The number of benzene rings is 1. The average molecular weight is 357 g/mol. The Balaban J connectivity index is 1.49. The van der Waals surface area contributed by atoms with Gasteiger partial charge in [-0.3, -0.25) is 9.59 Å². The van der Waals surface area contributed by atoms with Gasteiger partial charge in [-0.2, -0.15) is 0 Å². The van der Waals surface area contributed by atoms with E-state index < -0.39 is 0 Å². The average Bonchev–Trinajstić information content (AvgIpc) is 3.17. The number of thioether (sulfide) groups is 1. The van der Waals surface area contributed by atoms with Gasteiger partial charge < -0.3 is 9.30 Å². The van der Waals surface area contributed by atoms with Crippen molar-refractivity contribution in [3.63, 3.8) is 0 Å². The van der Waals surface area contributed by atoms with E-state index in [1.807, 2.05) is 31.5 Å². The molecule has 4 nitrogen and oxygen atoms in total. The molecule has 3 rings (SSSR count). The van der Waals surface area contributed by atoms with Crippen LogP contribution in [0, 0.1) is 13.8 Å². The molecule has 1 aromatic heterocycles. The molecule has 5 heteroatoms. The summed E-state index contributed by atoms with van der Waals surface area (Å²) in [6.45, 7) is 3.64. The molecule has 1 aromatic carbocycles. The molecule has 1 aliphatic carbocycles. The second kappa shape index (κ2) is 7.48. The maximum Gasteiger partial charge on any atom is 0.316 e. The minimum Gasteiger partial charge on any atom is -0.457 e. The number of hydrogen-bond acceptors (Lipinski definition) is 4. The Labute approximate surface area is 152 Å². The van der Waals surface area contributed by atoms with Crippen LogP contribution in [0.2, 0.25) is 0 Å². The first-order chi connectivity index (χ1) is 12.0. The number of aromatic nitrogens is 1. The van der Waals surface area contributed by atoms with Crippen molar-refractivity contribution in [1.29, 1.82) is 0 Å². The van der Waals surface area contributed by atoms with Gasteiger partial charge in [-0.1, -0.05) is 6.07 Å². The highest BCUT2D eigenvalue weighted by atomic mass is 32.2. The fourth-order valence-electron chi connectivity index (χ4n) is 3.18. The number of hydrogen-bond donors (Lipinski definition) is 0. The summed E-state index contributed by atoms with van der Waals surface area (Å²) >= 11 is 1.46. The van der Waals surface area contributed by atoms with Crippen molar-refractivity contribution in [1.82, 2.24) is 4.57 Å². The van der Waals surface area contributed by atoms with Crippen LogP contribution >= 0.6 is 11.8 Å². The summed E-state index contributed by atoms with van der Waals surface area (Å²) in [7, 11) is 1.92. The lowest BCUT2D eigenvalue weighted by Gasteiger charge is -2.06. The van der Waals surface area contributed by atoms with E-state index in [9.17, 15) is 9.59 Å². The maximum absolute atomic E-state index is 12.2. The first-order valence-electron chi connectivity index (χ1n) is 8.52. The van der Waals surface area contributed by atoms with Gasteiger partial charge in [0, 0.05) is 28.9 Å². The molecule has 0 N–H and O–H groups in total. The second-order valence-electron chi connectivity index (χ2n) is 6.50. The highest BCUT2D eigenvalue weighted by Crippen LogP contribution is 2.27. The Morgan fingerprint density at radius 2 is 1.92 bits per heavy atom. The Bertz CT molecular complexity index is 823. The molecule has 0 spiro atoms. The van der Waals surface area contributed by atoms with E-state index >= 15 is 0 Å². The van der Waals surface area contributed by atoms with Crippen LogP contribution in [0.3, 0.4) is 0 Å². The van der Waals surface area contributed by atoms with Gasteiger partial charge in [-0.05, 0) is 62.4 Å². The quantitative estimate of drug-likeness (QED) is 0.450. The van der Waals surface area contributed by atoms with Crippen molar-refractivity contribution in [3.8, 4) is 0 Å². The number of ketones is 1. The van der Waals surface area contributed by atoms with Crippen molar-refractivity contribution in [2.45, 2.75) is 38.0 Å². The molecule has 0 bridgehead atoms. The van der Waals surface area contributed by atoms with Crippen LogP contribution in [0.25, 0.3) is 0 Å². The fourth-order valence-corrected chi connectivity index (χ4v) is 3.94. The third-order valence-corrected chi connectivity index (χ3v) is 5.83. The molecule has 25 heavy (non-hydrogen) atoms. The summed E-state index contributed by atoms with van der Waals surface area (Å²) in [5.41, 5.74) is 5.35. The molecule has 0 aliphatic heterocycles. The number of rotatable bonds is 6. The van der Waals surface area contributed by atoms with E-state index in [-0.39, 0.29) is 24.1 Å². The van der Waals surface area contributed by atoms with Crippen molar-refractivity contribution in [2.75, 3.05) is 12.4 Å². The van der Waals surface area contributed by atoms with Crippen LogP contribution in [0.5, 0.6) is 0 Å². The third-order valence-electron chi connectivity index (χ3n) is 4.87. The molecule has 0 atom stereocenters. The van der Waals surface area contributed by atoms with E-state index in [2.05, 4.69) is 18.2 Å². The lowest BCUT2D eigenvalue weighted by Crippen LogP contribution is -2.16. The zero-order valence-electron chi connectivity index (χ0n) is 14.9. The monoisotopic (exact) mass is 357 g/mol. The number of nitrogens with zero attached hydrogens (tertiary/aromatic N) is 1. The van der Waals surface area contributed by atoms with Crippen molar-refractivity contribution < 1.29 is 14.3 Å². The molecule has 0 unspecified atom stereocenters. The number of esters is 1. The Morgan fingerprint density at radius 1 is 1.16 bits per heavy atom. The van der Waals surface area contributed by atoms with Gasteiger partial charge in [-0.15, -0.1) is 11.8 Å². The molecule has 0 fully saturated rings. The van der Waals surface area contributed by atoms with Crippen LogP contribution in [0.15, 0.2) is 29.2 Å². The van der Waals surface area contributed by atoms with Gasteiger partial charge in [-0.25, -0.2) is 0 Å². The van der Waals surface area contributed by atoms with Gasteiger partial charge in [0.05, 0.1) is 5.75 Å². The van der Waals surface area contributed by atoms with E-state index in [4.69, 9.17) is 4.74 Å². The number of fused-ring (bicyclic) bond motifs is 1. The van der Waals surface area contributed by atoms with Gasteiger partial charge >= 0.3 is 5.97 Å². The van der Waals surface area contributed by atoms with Crippen molar-refractivity contribution in [3.05, 3.63) is 52.3 Å². The first-order valence-corrected chi connectivity index (χ1v) is 9.50. The molecule has 0 saturated heterocycles. The molecule has 0 saturated carbocycles. The first kappa shape index (κ1) is 17.8. The zero-order valence-corrected chi connectivity index (χ0v) is 15.7. The second-order valence-corrected chi connectivity index (χ2v) is 7.55. The zero-order chi connectivity index (χ0) is 18.0. The van der Waals surface area contributed by atoms with Crippen LogP contribution in [0.4, 0.5) is 0 Å².